The molecule has 10 heteroatoms. The summed E-state index contributed by atoms with van der Waals surface area (Å²) in [6, 6.07) is 15.5. The molecule has 4 aromatic rings. The van der Waals surface area contributed by atoms with Crippen LogP contribution < -0.4 is 15.4 Å². The summed E-state index contributed by atoms with van der Waals surface area (Å²) in [5.74, 6) is 0.600. The van der Waals surface area contributed by atoms with Crippen molar-refractivity contribution in [2.75, 3.05) is 10.6 Å². The van der Waals surface area contributed by atoms with E-state index in [0.29, 0.717) is 28.3 Å². The number of hydrogen-bond acceptors (Lipinski definition) is 5. The van der Waals surface area contributed by atoms with Crippen molar-refractivity contribution in [2.24, 2.45) is 5.92 Å². The maximum absolute atomic E-state index is 12.7. The lowest BCUT2D eigenvalue weighted by Crippen LogP contribution is -2.13. The molecule has 178 valence electrons. The van der Waals surface area contributed by atoms with Gasteiger partial charge in [-0.15, -0.1) is 0 Å². The number of halogens is 3. The van der Waals surface area contributed by atoms with E-state index in [-0.39, 0.29) is 23.1 Å². The van der Waals surface area contributed by atoms with Gasteiger partial charge < -0.3 is 19.9 Å². The Morgan fingerprint density at radius 1 is 0.943 bits per heavy atom. The van der Waals surface area contributed by atoms with E-state index >= 15 is 0 Å². The van der Waals surface area contributed by atoms with Gasteiger partial charge >= 0.3 is 6.18 Å². The Kier molecular flexibility index (Phi) is 5.64. The Morgan fingerprint density at radius 2 is 1.69 bits per heavy atom. The van der Waals surface area contributed by atoms with E-state index in [4.69, 9.17) is 9.26 Å². The molecule has 1 fully saturated rings. The van der Waals surface area contributed by atoms with E-state index in [1.807, 2.05) is 0 Å². The van der Waals surface area contributed by atoms with Gasteiger partial charge in [-0.2, -0.15) is 13.2 Å². The monoisotopic (exact) mass is 481 g/mol. The van der Waals surface area contributed by atoms with E-state index < -0.39 is 17.6 Å². The minimum absolute atomic E-state index is 0.0353. The number of carbonyl (C=O) groups is 2. The molecule has 0 unspecified atom stereocenters. The lowest BCUT2D eigenvalue weighted by molar-refractivity contribution is -0.137. The molecule has 2 N–H and O–H groups in total. The molecule has 0 radical (unpaired) electrons. The van der Waals surface area contributed by atoms with Crippen molar-refractivity contribution in [3.8, 4) is 11.5 Å². The van der Waals surface area contributed by atoms with E-state index in [1.54, 1.807) is 36.4 Å². The zero-order valence-corrected chi connectivity index (χ0v) is 18.1. The fraction of sp³-hybridized carbons (Fsp3) is 0.160. The van der Waals surface area contributed by atoms with Crippen LogP contribution in [0.5, 0.6) is 11.5 Å². The highest BCUT2D eigenvalue weighted by atomic mass is 19.4. The van der Waals surface area contributed by atoms with Crippen LogP contribution in [0.3, 0.4) is 0 Å². The molecular formula is C25H18F3N3O4. The largest absolute Gasteiger partial charge is 0.457 e. The van der Waals surface area contributed by atoms with Gasteiger partial charge in [-0.1, -0.05) is 11.2 Å². The van der Waals surface area contributed by atoms with Crippen molar-refractivity contribution in [3.05, 3.63) is 77.9 Å². The molecule has 1 aliphatic carbocycles. The average Bonchev–Trinajstić information content (AvgIpc) is 3.61. The zero-order valence-electron chi connectivity index (χ0n) is 18.1. The van der Waals surface area contributed by atoms with Gasteiger partial charge in [0.05, 0.1) is 10.9 Å². The predicted molar refractivity (Wildman–Crippen MR) is 121 cm³/mol. The van der Waals surface area contributed by atoms with Gasteiger partial charge in [0.2, 0.25) is 5.91 Å². The Morgan fingerprint density at radius 3 is 2.40 bits per heavy atom. The van der Waals surface area contributed by atoms with Crippen LogP contribution in [-0.4, -0.2) is 17.0 Å². The summed E-state index contributed by atoms with van der Waals surface area (Å²) in [5, 5.41) is 9.87. The molecule has 0 bridgehead atoms. The number of nitrogens with one attached hydrogen (secondary N) is 2. The van der Waals surface area contributed by atoms with E-state index in [1.165, 1.54) is 18.2 Å². The van der Waals surface area contributed by atoms with Crippen molar-refractivity contribution in [3.63, 3.8) is 0 Å². The lowest BCUT2D eigenvalue weighted by Gasteiger charge is -2.10. The molecule has 0 saturated heterocycles. The van der Waals surface area contributed by atoms with Crippen LogP contribution in [0.1, 0.15) is 28.8 Å². The molecule has 5 rings (SSSR count). The highest BCUT2D eigenvalue weighted by Gasteiger charge is 2.31. The predicted octanol–water partition coefficient (Wildman–Crippen LogP) is 6.24. The molecule has 1 heterocycles. The first-order valence-electron chi connectivity index (χ1n) is 10.7. The van der Waals surface area contributed by atoms with Gasteiger partial charge in [-0.05, 0) is 67.4 Å². The topological polar surface area (TPSA) is 93.5 Å². The molecule has 1 saturated carbocycles. The molecule has 0 spiro atoms. The molecule has 7 nitrogen and oxygen atoms in total. The number of aromatic nitrogens is 1. The number of fused-ring (bicyclic) bond motifs is 1. The molecule has 1 aliphatic rings. The fourth-order valence-corrected chi connectivity index (χ4v) is 3.42. The number of hydrogen-bond donors (Lipinski definition) is 2. The van der Waals surface area contributed by atoms with Crippen LogP contribution in [0.25, 0.3) is 11.0 Å². The first-order chi connectivity index (χ1) is 16.8. The first kappa shape index (κ1) is 22.5. The number of anilines is 2. The molecule has 0 aliphatic heterocycles. The van der Waals surface area contributed by atoms with E-state index in [0.717, 1.165) is 25.0 Å². The van der Waals surface area contributed by atoms with Crippen LogP contribution in [0, 0.1) is 5.92 Å². The molecule has 2 amide bonds. The van der Waals surface area contributed by atoms with Crippen LogP contribution in [0.15, 0.2) is 71.3 Å². The van der Waals surface area contributed by atoms with Crippen molar-refractivity contribution < 1.29 is 32.0 Å². The van der Waals surface area contributed by atoms with Crippen LogP contribution in [0.2, 0.25) is 0 Å². The maximum Gasteiger partial charge on any atom is 0.416 e. The second kappa shape index (κ2) is 8.79. The third-order valence-electron chi connectivity index (χ3n) is 5.44. The molecule has 0 atom stereocenters. The average molecular weight is 481 g/mol. The molecule has 35 heavy (non-hydrogen) atoms. The number of alkyl halides is 3. The minimum Gasteiger partial charge on any atom is -0.457 e. The molecular weight excluding hydrogens is 463 g/mol. The van der Waals surface area contributed by atoms with Gasteiger partial charge in [0.15, 0.2) is 11.4 Å². The Labute approximate surface area is 196 Å². The van der Waals surface area contributed by atoms with Crippen molar-refractivity contribution >= 4 is 34.3 Å². The number of nitrogens with zero attached hydrogens (tertiary/aromatic N) is 1. The standard InChI is InChI=1S/C25H18F3N3O4/c26-25(27,28)16-6-8-17(9-7-16)29-24(33)15-2-1-3-18(12-15)34-19-10-11-20-21(13-19)35-31-22(20)30-23(32)14-4-5-14/h1-3,6-14H,4-5H2,(H,29,33)(H,30,31,32). The van der Waals surface area contributed by atoms with Gasteiger partial charge in [-0.3, -0.25) is 9.59 Å². The van der Waals surface area contributed by atoms with Crippen molar-refractivity contribution in [1.82, 2.24) is 5.16 Å². The summed E-state index contributed by atoms with van der Waals surface area (Å²) < 4.78 is 49.3. The second-order valence-corrected chi connectivity index (χ2v) is 8.11. The summed E-state index contributed by atoms with van der Waals surface area (Å²) in [6.07, 6.45) is -2.70. The van der Waals surface area contributed by atoms with Gasteiger partial charge in [-0.25, -0.2) is 0 Å². The third-order valence-corrected chi connectivity index (χ3v) is 5.44. The van der Waals surface area contributed by atoms with Crippen LogP contribution in [0.4, 0.5) is 24.7 Å². The van der Waals surface area contributed by atoms with Crippen LogP contribution in [-0.2, 0) is 11.0 Å². The summed E-state index contributed by atoms with van der Waals surface area (Å²) >= 11 is 0. The van der Waals surface area contributed by atoms with E-state index in [9.17, 15) is 22.8 Å². The lowest BCUT2D eigenvalue weighted by atomic mass is 10.1. The SMILES string of the molecule is O=C(Nc1ccc(C(F)(F)F)cc1)c1cccc(Oc2ccc3c(NC(=O)C4CC4)noc3c2)c1. The summed E-state index contributed by atoms with van der Waals surface area (Å²) in [6.45, 7) is 0. The normalized spacial score (nSPS) is 13.5. The van der Waals surface area contributed by atoms with E-state index in [2.05, 4.69) is 15.8 Å². The van der Waals surface area contributed by atoms with Gasteiger partial charge in [0.25, 0.3) is 5.91 Å². The van der Waals surface area contributed by atoms with Crippen molar-refractivity contribution in [2.45, 2.75) is 19.0 Å². The molecule has 1 aromatic heterocycles. The maximum atomic E-state index is 12.7. The highest BCUT2D eigenvalue weighted by Crippen LogP contribution is 2.33. The Hall–Kier alpha value is -4.34. The number of ether oxygens (including phenoxy) is 1. The first-order valence-corrected chi connectivity index (χ1v) is 10.7. The molecule has 3 aromatic carbocycles. The highest BCUT2D eigenvalue weighted by molar-refractivity contribution is 6.04. The minimum atomic E-state index is -4.45. The van der Waals surface area contributed by atoms with Gasteiger partial charge in [0, 0.05) is 23.2 Å². The number of rotatable bonds is 6. The summed E-state index contributed by atoms with van der Waals surface area (Å²) in [5.41, 5.74) is 0.111. The third kappa shape index (κ3) is 5.11. The Balaban J connectivity index is 1.27. The number of carbonyl (C=O) groups excluding carboxylic acids is 2. The van der Waals surface area contributed by atoms with Crippen LogP contribution >= 0.6 is 0 Å². The number of benzene rings is 3. The smallest absolute Gasteiger partial charge is 0.416 e. The summed E-state index contributed by atoms with van der Waals surface area (Å²) in [4.78, 5) is 24.6. The van der Waals surface area contributed by atoms with Crippen molar-refractivity contribution in [1.29, 1.82) is 0 Å². The van der Waals surface area contributed by atoms with Gasteiger partial charge in [0.1, 0.15) is 11.5 Å². The number of amides is 2. The quantitative estimate of drug-likeness (QED) is 0.340. The second-order valence-electron chi connectivity index (χ2n) is 8.11. The fourth-order valence-electron chi connectivity index (χ4n) is 3.42. The summed E-state index contributed by atoms with van der Waals surface area (Å²) in [7, 11) is 0. The zero-order chi connectivity index (χ0) is 24.6. The Bertz CT molecular complexity index is 1410.